The van der Waals surface area contributed by atoms with E-state index in [1.807, 2.05) is 0 Å². The minimum Gasteiger partial charge on any atom is -0.466 e. The maximum absolute atomic E-state index is 12.3. The minimum absolute atomic E-state index is 0.00792. The van der Waals surface area contributed by atoms with Gasteiger partial charge in [0.1, 0.15) is 0 Å². The second kappa shape index (κ2) is 43.4. The smallest absolute Gasteiger partial charge is 0.305 e. The number of carbonyl (C=O) groups is 2. The van der Waals surface area contributed by atoms with Gasteiger partial charge >= 0.3 is 11.9 Å². The molecule has 0 spiro atoms. The van der Waals surface area contributed by atoms with Crippen LogP contribution < -0.4 is 0 Å². The van der Waals surface area contributed by atoms with E-state index in [0.29, 0.717) is 32.0 Å². The van der Waals surface area contributed by atoms with Crippen LogP contribution in [0.1, 0.15) is 247 Å². The second-order valence-corrected chi connectivity index (χ2v) is 17.5. The van der Waals surface area contributed by atoms with Gasteiger partial charge in [0.15, 0.2) is 0 Å². The fourth-order valence-corrected chi connectivity index (χ4v) is 7.99. The molecule has 0 aliphatic rings. The molecule has 0 saturated heterocycles. The van der Waals surface area contributed by atoms with Crippen molar-refractivity contribution in [1.29, 1.82) is 0 Å². The highest BCUT2D eigenvalue weighted by molar-refractivity contribution is 5.69. The average Bonchev–Trinajstić information content (AvgIpc) is 3.20. The summed E-state index contributed by atoms with van der Waals surface area (Å²) in [6.45, 7) is 16.5. The summed E-state index contributed by atoms with van der Waals surface area (Å²) in [5.74, 6) is 2.14. The van der Waals surface area contributed by atoms with Crippen molar-refractivity contribution >= 4 is 11.9 Å². The van der Waals surface area contributed by atoms with Crippen LogP contribution in [0.2, 0.25) is 0 Å². The van der Waals surface area contributed by atoms with E-state index in [1.54, 1.807) is 0 Å². The van der Waals surface area contributed by atoms with Crippen LogP contribution in [0, 0.1) is 17.8 Å². The second-order valence-electron chi connectivity index (χ2n) is 17.5. The Balaban J connectivity index is 4.12. The van der Waals surface area contributed by atoms with Crippen molar-refractivity contribution < 1.29 is 23.8 Å². The highest BCUT2D eigenvalue weighted by Crippen LogP contribution is 2.23. The van der Waals surface area contributed by atoms with Gasteiger partial charge in [-0.05, 0) is 76.3 Å². The van der Waals surface area contributed by atoms with Crippen LogP contribution in [-0.2, 0) is 23.8 Å². The van der Waals surface area contributed by atoms with Gasteiger partial charge in [-0.2, -0.15) is 0 Å². The zero-order chi connectivity index (χ0) is 41.2. The maximum Gasteiger partial charge on any atom is 0.305 e. The minimum atomic E-state index is 0.00792. The highest BCUT2D eigenvalue weighted by atomic mass is 16.5. The van der Waals surface area contributed by atoms with E-state index in [2.05, 4.69) is 46.6 Å². The van der Waals surface area contributed by atoms with Gasteiger partial charge in [0.25, 0.3) is 0 Å². The van der Waals surface area contributed by atoms with Crippen molar-refractivity contribution in [3.8, 4) is 0 Å². The van der Waals surface area contributed by atoms with E-state index in [0.717, 1.165) is 83.1 Å². The lowest BCUT2D eigenvalue weighted by Crippen LogP contribution is -2.20. The Hall–Kier alpha value is -1.14. The van der Waals surface area contributed by atoms with Crippen LogP contribution in [0.25, 0.3) is 0 Å². The molecule has 56 heavy (non-hydrogen) atoms. The Morgan fingerprint density at radius 2 is 0.768 bits per heavy atom. The van der Waals surface area contributed by atoms with E-state index < -0.39 is 0 Å². The molecule has 0 N–H and O–H groups in total. The monoisotopic (exact) mass is 794 g/mol. The lowest BCUT2D eigenvalue weighted by molar-refractivity contribution is -0.145. The molecule has 0 fully saturated rings. The quantitative estimate of drug-likeness (QED) is 0.0452. The van der Waals surface area contributed by atoms with Gasteiger partial charge < -0.3 is 19.1 Å². The number of ether oxygens (including phenoxy) is 3. The molecule has 0 bridgehead atoms. The summed E-state index contributed by atoms with van der Waals surface area (Å²) < 4.78 is 17.4. The number of unbranched alkanes of at least 4 members (excludes halogenated alkanes) is 16. The Bertz CT molecular complexity index is 749. The third kappa shape index (κ3) is 38.4. The first kappa shape index (κ1) is 54.9. The van der Waals surface area contributed by atoms with Crippen molar-refractivity contribution in [3.63, 3.8) is 0 Å². The third-order valence-electron chi connectivity index (χ3n) is 12.2. The lowest BCUT2D eigenvalue weighted by atomic mass is 9.93. The molecule has 0 amide bonds. The molecule has 0 aromatic rings. The van der Waals surface area contributed by atoms with Gasteiger partial charge in [0.2, 0.25) is 0 Å². The Kier molecular flexibility index (Phi) is 42.6. The molecule has 334 valence electrons. The van der Waals surface area contributed by atoms with Crippen molar-refractivity contribution in [2.45, 2.75) is 247 Å². The maximum atomic E-state index is 12.3. The topological polar surface area (TPSA) is 65.1 Å². The zero-order valence-corrected chi connectivity index (χ0v) is 38.8. The molecular weight excluding hydrogens is 695 g/mol. The van der Waals surface area contributed by atoms with Gasteiger partial charge in [0, 0.05) is 32.6 Å². The Labute approximate surface area is 350 Å². The Morgan fingerprint density at radius 1 is 0.411 bits per heavy atom. The predicted octanol–water partition coefficient (Wildman–Crippen LogP) is 14.8. The molecule has 6 heteroatoms. The number of hydrogen-bond donors (Lipinski definition) is 0. The highest BCUT2D eigenvalue weighted by Gasteiger charge is 2.13. The first-order chi connectivity index (χ1) is 27.4. The van der Waals surface area contributed by atoms with Gasteiger partial charge in [-0.1, -0.05) is 189 Å². The normalized spacial score (nSPS) is 11.8. The molecule has 6 nitrogen and oxygen atoms in total. The molecule has 0 aliphatic heterocycles. The summed E-state index contributed by atoms with van der Waals surface area (Å²) in [7, 11) is 2.19. The summed E-state index contributed by atoms with van der Waals surface area (Å²) in [6.07, 6.45) is 39.2. The molecule has 0 radical (unpaired) electrons. The summed E-state index contributed by atoms with van der Waals surface area (Å²) in [6, 6.07) is 0. The number of hydrogen-bond acceptors (Lipinski definition) is 6. The number of nitrogens with zero attached hydrogens (tertiary/aromatic N) is 1. The van der Waals surface area contributed by atoms with E-state index in [4.69, 9.17) is 14.2 Å². The van der Waals surface area contributed by atoms with E-state index in [1.165, 1.54) is 154 Å². The van der Waals surface area contributed by atoms with Crippen LogP contribution in [0.5, 0.6) is 0 Å². The van der Waals surface area contributed by atoms with E-state index >= 15 is 0 Å². The standard InChI is InChI=1S/C50H99NO5/c1-7-12-31-46(32-13-8-2)39-43-55-49(52)37-28-24-20-16-18-22-26-35-48(45-54-42-30-41-51(6)11-5)36-27-23-19-17-21-25-29-38-50(53)56-44-40-47(33-14-9-3)34-15-10-4/h46-48H,7-45H2,1-6H3. The average molecular weight is 794 g/mol. The fourth-order valence-electron chi connectivity index (χ4n) is 7.99. The van der Waals surface area contributed by atoms with Crippen molar-refractivity contribution in [2.75, 3.05) is 46.6 Å². The molecule has 0 aliphatic carbocycles. The summed E-state index contributed by atoms with van der Waals surface area (Å²) >= 11 is 0. The number of carbonyl (C=O) groups excluding carboxylic acids is 2. The molecule has 0 aromatic carbocycles. The van der Waals surface area contributed by atoms with Crippen LogP contribution in [0.4, 0.5) is 0 Å². The summed E-state index contributed by atoms with van der Waals surface area (Å²) in [5.41, 5.74) is 0. The SMILES string of the molecule is CCCCC(CCCC)CCOC(=O)CCCCCCCCCC(CCCCCCCCCC(=O)OCCC(CCCC)CCCC)COCCCN(C)CC. The molecular formula is C50H99NO5. The molecule has 0 heterocycles. The van der Waals surface area contributed by atoms with Crippen LogP contribution in [0.3, 0.4) is 0 Å². The molecule has 0 saturated carbocycles. The fraction of sp³-hybridized carbons (Fsp3) is 0.960. The van der Waals surface area contributed by atoms with Crippen LogP contribution >= 0.6 is 0 Å². The van der Waals surface area contributed by atoms with Crippen LogP contribution in [-0.4, -0.2) is 63.4 Å². The molecule has 0 unspecified atom stereocenters. The predicted molar refractivity (Wildman–Crippen MR) is 241 cm³/mol. The Morgan fingerprint density at radius 3 is 1.14 bits per heavy atom. The first-order valence-corrected chi connectivity index (χ1v) is 25.0. The van der Waals surface area contributed by atoms with Crippen molar-refractivity contribution in [1.82, 2.24) is 4.90 Å². The zero-order valence-electron chi connectivity index (χ0n) is 38.8. The summed E-state index contributed by atoms with van der Waals surface area (Å²) in [4.78, 5) is 26.9. The third-order valence-corrected chi connectivity index (χ3v) is 12.2. The van der Waals surface area contributed by atoms with Gasteiger partial charge in [0.05, 0.1) is 13.2 Å². The lowest BCUT2D eigenvalue weighted by Gasteiger charge is -2.18. The summed E-state index contributed by atoms with van der Waals surface area (Å²) in [5, 5.41) is 0. The van der Waals surface area contributed by atoms with Gasteiger partial charge in [-0.25, -0.2) is 0 Å². The van der Waals surface area contributed by atoms with Gasteiger partial charge in [-0.15, -0.1) is 0 Å². The first-order valence-electron chi connectivity index (χ1n) is 25.0. The molecule has 0 rings (SSSR count). The van der Waals surface area contributed by atoms with Crippen molar-refractivity contribution in [3.05, 3.63) is 0 Å². The number of esters is 2. The molecule has 0 aromatic heterocycles. The number of rotatable bonds is 45. The van der Waals surface area contributed by atoms with Crippen LogP contribution in [0.15, 0.2) is 0 Å². The molecule has 0 atom stereocenters. The van der Waals surface area contributed by atoms with E-state index in [-0.39, 0.29) is 11.9 Å². The van der Waals surface area contributed by atoms with Gasteiger partial charge in [-0.3, -0.25) is 9.59 Å². The largest absolute Gasteiger partial charge is 0.466 e. The van der Waals surface area contributed by atoms with E-state index in [9.17, 15) is 9.59 Å². The van der Waals surface area contributed by atoms with Crippen molar-refractivity contribution in [2.24, 2.45) is 17.8 Å².